The molecule has 0 saturated heterocycles. The number of hydrogen-bond acceptors (Lipinski definition) is 5. The van der Waals surface area contributed by atoms with Gasteiger partial charge in [0.25, 0.3) is 0 Å². The van der Waals surface area contributed by atoms with Gasteiger partial charge in [-0.1, -0.05) is 20.8 Å². The standard InChI is InChI=1S/C13H14N4S/c1-13(2,3)11-8-18-12(17-11)16-9-4-5-15-10(6-9)7-14/h4-6,8H,1-3H3,(H,15,16,17). The average molecular weight is 258 g/mol. The Morgan fingerprint density at radius 2 is 2.17 bits per heavy atom. The molecule has 2 aromatic rings. The lowest BCUT2D eigenvalue weighted by molar-refractivity contribution is 0.573. The van der Waals surface area contributed by atoms with Gasteiger partial charge in [0.1, 0.15) is 11.8 Å². The fraction of sp³-hybridized carbons (Fsp3) is 0.308. The Bertz CT molecular complexity index is 590. The number of anilines is 2. The van der Waals surface area contributed by atoms with E-state index in [9.17, 15) is 0 Å². The van der Waals surface area contributed by atoms with E-state index in [0.29, 0.717) is 5.69 Å². The normalized spacial score (nSPS) is 11.0. The van der Waals surface area contributed by atoms with Crippen molar-refractivity contribution in [1.82, 2.24) is 9.97 Å². The molecule has 0 fully saturated rings. The van der Waals surface area contributed by atoms with Gasteiger partial charge >= 0.3 is 0 Å². The topological polar surface area (TPSA) is 61.6 Å². The third-order valence-corrected chi connectivity index (χ3v) is 3.16. The summed E-state index contributed by atoms with van der Waals surface area (Å²) in [7, 11) is 0. The first-order chi connectivity index (χ1) is 8.49. The van der Waals surface area contributed by atoms with Crippen molar-refractivity contribution in [2.24, 2.45) is 0 Å². The van der Waals surface area contributed by atoms with Gasteiger partial charge in [-0.3, -0.25) is 0 Å². The van der Waals surface area contributed by atoms with Crippen molar-refractivity contribution in [3.8, 4) is 6.07 Å². The van der Waals surface area contributed by atoms with Gasteiger partial charge in [0.05, 0.1) is 5.69 Å². The van der Waals surface area contributed by atoms with Crippen LogP contribution >= 0.6 is 11.3 Å². The van der Waals surface area contributed by atoms with E-state index in [4.69, 9.17) is 5.26 Å². The zero-order chi connectivity index (χ0) is 13.2. The molecule has 0 aliphatic heterocycles. The Labute approximate surface area is 110 Å². The Kier molecular flexibility index (Phi) is 3.30. The molecule has 0 saturated carbocycles. The molecule has 1 N–H and O–H groups in total. The average Bonchev–Trinajstić information content (AvgIpc) is 2.77. The van der Waals surface area contributed by atoms with Crippen LogP contribution < -0.4 is 5.32 Å². The molecule has 0 atom stereocenters. The second-order valence-corrected chi connectivity index (χ2v) is 5.81. The fourth-order valence-corrected chi connectivity index (χ4v) is 2.33. The molecule has 2 heterocycles. The van der Waals surface area contributed by atoms with Crippen LogP contribution in [0.3, 0.4) is 0 Å². The van der Waals surface area contributed by atoms with Crippen LogP contribution in [0.15, 0.2) is 23.7 Å². The molecule has 0 spiro atoms. The molecule has 0 unspecified atom stereocenters. The zero-order valence-corrected chi connectivity index (χ0v) is 11.4. The van der Waals surface area contributed by atoms with Crippen molar-refractivity contribution in [3.63, 3.8) is 0 Å². The summed E-state index contributed by atoms with van der Waals surface area (Å²) in [6, 6.07) is 5.54. The van der Waals surface area contributed by atoms with Gasteiger partial charge < -0.3 is 5.32 Å². The minimum Gasteiger partial charge on any atom is -0.331 e. The molecular formula is C13H14N4S. The van der Waals surface area contributed by atoms with Gasteiger partial charge in [0, 0.05) is 22.7 Å². The molecule has 0 aromatic carbocycles. The summed E-state index contributed by atoms with van der Waals surface area (Å²) in [6.45, 7) is 6.39. The molecule has 0 amide bonds. The molecule has 2 aromatic heterocycles. The van der Waals surface area contributed by atoms with Gasteiger partial charge in [0.2, 0.25) is 0 Å². The van der Waals surface area contributed by atoms with E-state index < -0.39 is 0 Å². The summed E-state index contributed by atoms with van der Waals surface area (Å²) in [5.41, 5.74) is 2.33. The number of nitriles is 1. The molecular weight excluding hydrogens is 244 g/mol. The molecule has 0 bridgehead atoms. The number of nitrogens with zero attached hydrogens (tertiary/aromatic N) is 3. The summed E-state index contributed by atoms with van der Waals surface area (Å²) < 4.78 is 0. The van der Waals surface area contributed by atoms with Crippen LogP contribution in [0.25, 0.3) is 0 Å². The lowest BCUT2D eigenvalue weighted by Crippen LogP contribution is -2.11. The van der Waals surface area contributed by atoms with E-state index in [-0.39, 0.29) is 5.41 Å². The van der Waals surface area contributed by atoms with Gasteiger partial charge in [-0.2, -0.15) is 5.26 Å². The molecule has 92 valence electrons. The van der Waals surface area contributed by atoms with Crippen LogP contribution in [0.4, 0.5) is 10.8 Å². The van der Waals surface area contributed by atoms with E-state index in [1.165, 1.54) is 0 Å². The quantitative estimate of drug-likeness (QED) is 0.896. The molecule has 0 aliphatic carbocycles. The van der Waals surface area contributed by atoms with Crippen LogP contribution in [0.1, 0.15) is 32.2 Å². The Morgan fingerprint density at radius 1 is 1.39 bits per heavy atom. The summed E-state index contributed by atoms with van der Waals surface area (Å²) in [4.78, 5) is 8.46. The van der Waals surface area contributed by atoms with E-state index in [2.05, 4.69) is 41.4 Å². The van der Waals surface area contributed by atoms with Crippen molar-refractivity contribution >= 4 is 22.2 Å². The highest BCUT2D eigenvalue weighted by atomic mass is 32.1. The van der Waals surface area contributed by atoms with Crippen molar-refractivity contribution < 1.29 is 0 Å². The fourth-order valence-electron chi connectivity index (χ4n) is 1.37. The van der Waals surface area contributed by atoms with Gasteiger partial charge in [0.15, 0.2) is 5.13 Å². The summed E-state index contributed by atoms with van der Waals surface area (Å²) in [6.07, 6.45) is 1.61. The van der Waals surface area contributed by atoms with Gasteiger partial charge in [-0.05, 0) is 12.1 Å². The highest BCUT2D eigenvalue weighted by Crippen LogP contribution is 2.28. The maximum absolute atomic E-state index is 8.79. The Hall–Kier alpha value is -1.93. The highest BCUT2D eigenvalue weighted by molar-refractivity contribution is 7.13. The van der Waals surface area contributed by atoms with Crippen LogP contribution in [0.2, 0.25) is 0 Å². The second kappa shape index (κ2) is 4.75. The third-order valence-electron chi connectivity index (χ3n) is 2.40. The number of pyridine rings is 1. The van der Waals surface area contributed by atoms with Crippen LogP contribution in [0, 0.1) is 11.3 Å². The Morgan fingerprint density at radius 3 is 2.78 bits per heavy atom. The number of nitrogens with one attached hydrogen (secondary N) is 1. The van der Waals surface area contributed by atoms with E-state index >= 15 is 0 Å². The predicted octanol–water partition coefficient (Wildman–Crippen LogP) is 3.45. The van der Waals surface area contributed by atoms with Crippen molar-refractivity contribution in [3.05, 3.63) is 35.1 Å². The van der Waals surface area contributed by atoms with Crippen LogP contribution in [0.5, 0.6) is 0 Å². The highest BCUT2D eigenvalue weighted by Gasteiger charge is 2.17. The number of hydrogen-bond donors (Lipinski definition) is 1. The molecule has 0 radical (unpaired) electrons. The first kappa shape index (κ1) is 12.5. The molecule has 4 nitrogen and oxygen atoms in total. The maximum atomic E-state index is 8.79. The summed E-state index contributed by atoms with van der Waals surface area (Å²) in [5, 5.41) is 14.9. The molecule has 2 rings (SSSR count). The van der Waals surface area contributed by atoms with E-state index in [0.717, 1.165) is 16.5 Å². The third kappa shape index (κ3) is 2.84. The predicted molar refractivity (Wildman–Crippen MR) is 73.0 cm³/mol. The smallest absolute Gasteiger partial charge is 0.187 e. The van der Waals surface area contributed by atoms with Crippen LogP contribution in [-0.2, 0) is 5.41 Å². The SMILES string of the molecule is CC(C)(C)c1csc(Nc2ccnc(C#N)c2)n1. The monoisotopic (exact) mass is 258 g/mol. The summed E-state index contributed by atoms with van der Waals surface area (Å²) >= 11 is 1.56. The van der Waals surface area contributed by atoms with Gasteiger partial charge in [-0.15, -0.1) is 11.3 Å². The zero-order valence-electron chi connectivity index (χ0n) is 10.6. The van der Waals surface area contributed by atoms with Crippen molar-refractivity contribution in [1.29, 1.82) is 5.26 Å². The number of rotatable bonds is 2. The first-order valence-electron chi connectivity index (χ1n) is 5.58. The molecule has 0 aliphatic rings. The first-order valence-corrected chi connectivity index (χ1v) is 6.46. The summed E-state index contributed by atoms with van der Waals surface area (Å²) in [5.74, 6) is 0. The largest absolute Gasteiger partial charge is 0.331 e. The molecule has 5 heteroatoms. The van der Waals surface area contributed by atoms with E-state index in [1.54, 1.807) is 23.6 Å². The number of aromatic nitrogens is 2. The Balaban J connectivity index is 2.19. The van der Waals surface area contributed by atoms with Gasteiger partial charge in [-0.25, -0.2) is 9.97 Å². The lowest BCUT2D eigenvalue weighted by Gasteiger charge is -2.14. The maximum Gasteiger partial charge on any atom is 0.187 e. The molecule has 18 heavy (non-hydrogen) atoms. The van der Waals surface area contributed by atoms with Crippen molar-refractivity contribution in [2.75, 3.05) is 5.32 Å². The van der Waals surface area contributed by atoms with Crippen molar-refractivity contribution in [2.45, 2.75) is 26.2 Å². The lowest BCUT2D eigenvalue weighted by atomic mass is 9.93. The second-order valence-electron chi connectivity index (χ2n) is 4.95. The number of thiazole rings is 1. The van der Waals surface area contributed by atoms with E-state index in [1.807, 2.05) is 12.1 Å². The van der Waals surface area contributed by atoms with Crippen LogP contribution in [-0.4, -0.2) is 9.97 Å². The minimum atomic E-state index is 0.0481. The minimum absolute atomic E-state index is 0.0481.